The van der Waals surface area contributed by atoms with Crippen LogP contribution in [0.5, 0.6) is 0 Å². The zero-order valence-electron chi connectivity index (χ0n) is 18.2. The van der Waals surface area contributed by atoms with E-state index >= 15 is 0 Å². The molecule has 0 saturated carbocycles. The molecule has 1 aromatic carbocycles. The van der Waals surface area contributed by atoms with Crippen molar-refractivity contribution in [2.24, 2.45) is 5.92 Å². The summed E-state index contributed by atoms with van der Waals surface area (Å²) in [6.45, 7) is 7.51. The Bertz CT molecular complexity index is 1080. The predicted octanol–water partition coefficient (Wildman–Crippen LogP) is 3.82. The van der Waals surface area contributed by atoms with Crippen LogP contribution in [-0.2, 0) is 11.3 Å². The van der Waals surface area contributed by atoms with Crippen molar-refractivity contribution in [1.29, 1.82) is 0 Å². The first-order chi connectivity index (χ1) is 14.9. The van der Waals surface area contributed by atoms with Gasteiger partial charge in [-0.3, -0.25) is 9.59 Å². The molecular formula is C24H28N4O3. The smallest absolute Gasteiger partial charge is 0.259 e. The van der Waals surface area contributed by atoms with Crippen LogP contribution in [0, 0.1) is 12.8 Å². The van der Waals surface area contributed by atoms with E-state index in [1.165, 1.54) is 0 Å². The number of nitrogens with one attached hydrogen (secondary N) is 1. The molecule has 1 aliphatic heterocycles. The number of nitrogens with zero attached hydrogens (tertiary/aromatic N) is 3. The second kappa shape index (κ2) is 8.88. The van der Waals surface area contributed by atoms with E-state index in [-0.39, 0.29) is 23.7 Å². The summed E-state index contributed by atoms with van der Waals surface area (Å²) in [6, 6.07) is 11.7. The Kier molecular flexibility index (Phi) is 6.02. The minimum absolute atomic E-state index is 0.0521. The van der Waals surface area contributed by atoms with Gasteiger partial charge in [-0.25, -0.2) is 4.98 Å². The highest BCUT2D eigenvalue weighted by Gasteiger charge is 2.30. The Morgan fingerprint density at radius 2 is 1.90 bits per heavy atom. The maximum atomic E-state index is 13.4. The van der Waals surface area contributed by atoms with Gasteiger partial charge in [-0.2, -0.15) is 0 Å². The van der Waals surface area contributed by atoms with Crippen molar-refractivity contribution in [2.45, 2.75) is 46.1 Å². The first-order valence-electron chi connectivity index (χ1n) is 10.8. The summed E-state index contributed by atoms with van der Waals surface area (Å²) < 4.78 is 5.34. The van der Waals surface area contributed by atoms with Gasteiger partial charge in [0.15, 0.2) is 0 Å². The second-order valence-corrected chi connectivity index (χ2v) is 8.47. The minimum Gasteiger partial charge on any atom is -0.352 e. The van der Waals surface area contributed by atoms with Gasteiger partial charge in [-0.15, -0.1) is 0 Å². The second-order valence-electron chi connectivity index (χ2n) is 8.47. The third-order valence-electron chi connectivity index (χ3n) is 5.92. The lowest BCUT2D eigenvalue weighted by molar-refractivity contribution is -0.126. The fraction of sp³-hybridized carbons (Fsp3) is 0.417. The maximum Gasteiger partial charge on any atom is 0.259 e. The van der Waals surface area contributed by atoms with Crippen LogP contribution in [0.2, 0.25) is 0 Å². The molecule has 7 heteroatoms. The topological polar surface area (TPSA) is 88.3 Å². The number of rotatable bonds is 5. The number of hydrogen-bond acceptors (Lipinski definition) is 5. The number of fused-ring (bicyclic) bond motifs is 1. The van der Waals surface area contributed by atoms with Crippen LogP contribution in [0.3, 0.4) is 0 Å². The average Bonchev–Trinajstić information content (AvgIpc) is 3.18. The summed E-state index contributed by atoms with van der Waals surface area (Å²) in [7, 11) is 0. The number of carbonyl (C=O) groups is 2. The van der Waals surface area contributed by atoms with Gasteiger partial charge in [0, 0.05) is 31.2 Å². The number of pyridine rings is 1. The van der Waals surface area contributed by atoms with E-state index in [9.17, 15) is 9.59 Å². The van der Waals surface area contributed by atoms with Crippen LogP contribution in [0.1, 0.15) is 59.9 Å². The zero-order valence-corrected chi connectivity index (χ0v) is 18.2. The van der Waals surface area contributed by atoms with Crippen LogP contribution < -0.4 is 5.32 Å². The summed E-state index contributed by atoms with van der Waals surface area (Å²) in [6.07, 6.45) is 1.31. The Morgan fingerprint density at radius 3 is 2.58 bits per heavy atom. The Balaban J connectivity index is 1.42. The van der Waals surface area contributed by atoms with Gasteiger partial charge in [0.2, 0.25) is 5.91 Å². The molecule has 1 fully saturated rings. The van der Waals surface area contributed by atoms with Gasteiger partial charge in [0.05, 0.1) is 16.6 Å². The third-order valence-corrected chi connectivity index (χ3v) is 5.92. The molecule has 162 valence electrons. The van der Waals surface area contributed by atoms with Crippen molar-refractivity contribution in [3.8, 4) is 0 Å². The molecule has 2 aromatic heterocycles. The van der Waals surface area contributed by atoms with Crippen molar-refractivity contribution in [3.05, 3.63) is 58.9 Å². The highest BCUT2D eigenvalue weighted by molar-refractivity contribution is 6.06. The Labute approximate surface area is 181 Å². The lowest BCUT2D eigenvalue weighted by atomic mass is 9.94. The number of benzene rings is 1. The molecule has 0 radical (unpaired) electrons. The number of hydrogen-bond donors (Lipinski definition) is 1. The summed E-state index contributed by atoms with van der Waals surface area (Å²) in [4.78, 5) is 32.3. The standard InChI is InChI=1S/C24H28N4O3/c1-15(2)20-13-19(21-16(3)27-31-23(21)26-20)24(30)28-11-9-18(10-12-28)22(29)25-14-17-7-5-4-6-8-17/h4-8,13,15,18H,9-12,14H2,1-3H3,(H,25,29). The molecule has 0 unspecified atom stereocenters. The summed E-state index contributed by atoms with van der Waals surface area (Å²) in [5.74, 6) is 0.0946. The van der Waals surface area contributed by atoms with Crippen molar-refractivity contribution >= 4 is 22.9 Å². The fourth-order valence-corrected chi connectivity index (χ4v) is 4.02. The predicted molar refractivity (Wildman–Crippen MR) is 118 cm³/mol. The Hall–Kier alpha value is -3.22. The molecule has 3 heterocycles. The number of aryl methyl sites for hydroxylation is 1. The average molecular weight is 421 g/mol. The molecule has 2 amide bonds. The van der Waals surface area contributed by atoms with E-state index in [1.54, 1.807) is 0 Å². The summed E-state index contributed by atoms with van der Waals surface area (Å²) in [5.41, 5.74) is 3.54. The van der Waals surface area contributed by atoms with Crippen LogP contribution in [0.15, 0.2) is 40.9 Å². The highest BCUT2D eigenvalue weighted by atomic mass is 16.5. The largest absolute Gasteiger partial charge is 0.352 e. The van der Waals surface area contributed by atoms with Crippen LogP contribution >= 0.6 is 0 Å². The lowest BCUT2D eigenvalue weighted by Crippen LogP contribution is -2.43. The third kappa shape index (κ3) is 4.45. The number of amides is 2. The summed E-state index contributed by atoms with van der Waals surface area (Å²) >= 11 is 0. The molecule has 4 rings (SSSR count). The van der Waals surface area contributed by atoms with E-state index in [2.05, 4.69) is 15.5 Å². The van der Waals surface area contributed by atoms with Crippen LogP contribution in [-0.4, -0.2) is 39.9 Å². The van der Waals surface area contributed by atoms with E-state index in [0.717, 1.165) is 11.3 Å². The van der Waals surface area contributed by atoms with E-state index in [0.29, 0.717) is 54.8 Å². The molecule has 0 bridgehead atoms. The van der Waals surface area contributed by atoms with Crippen molar-refractivity contribution in [3.63, 3.8) is 0 Å². The van der Waals surface area contributed by atoms with Crippen molar-refractivity contribution < 1.29 is 14.1 Å². The highest BCUT2D eigenvalue weighted by Crippen LogP contribution is 2.28. The number of piperidine rings is 1. The Morgan fingerprint density at radius 1 is 1.19 bits per heavy atom. The fourth-order valence-electron chi connectivity index (χ4n) is 4.02. The minimum atomic E-state index is -0.0752. The van der Waals surface area contributed by atoms with Gasteiger partial charge in [0.25, 0.3) is 11.6 Å². The monoisotopic (exact) mass is 420 g/mol. The van der Waals surface area contributed by atoms with Gasteiger partial charge < -0.3 is 14.7 Å². The molecule has 0 spiro atoms. The summed E-state index contributed by atoms with van der Waals surface area (Å²) in [5, 5.41) is 7.70. The van der Waals surface area contributed by atoms with Gasteiger partial charge in [0.1, 0.15) is 0 Å². The molecule has 0 atom stereocenters. The van der Waals surface area contributed by atoms with Crippen molar-refractivity contribution in [1.82, 2.24) is 20.4 Å². The molecule has 1 saturated heterocycles. The van der Waals surface area contributed by atoms with Crippen molar-refractivity contribution in [2.75, 3.05) is 13.1 Å². The molecule has 0 aliphatic carbocycles. The molecule has 3 aromatic rings. The molecule has 7 nitrogen and oxygen atoms in total. The SMILES string of the molecule is Cc1noc2nc(C(C)C)cc(C(=O)N3CCC(C(=O)NCc4ccccc4)CC3)c12. The first kappa shape index (κ1) is 21.0. The lowest BCUT2D eigenvalue weighted by Gasteiger charge is -2.31. The maximum absolute atomic E-state index is 13.4. The van der Waals surface area contributed by atoms with Gasteiger partial charge >= 0.3 is 0 Å². The molecular weight excluding hydrogens is 392 g/mol. The van der Waals surface area contributed by atoms with Crippen LogP contribution in [0.4, 0.5) is 0 Å². The quantitative estimate of drug-likeness (QED) is 0.678. The molecule has 31 heavy (non-hydrogen) atoms. The molecule has 1 aliphatic rings. The van der Waals surface area contributed by atoms with E-state index < -0.39 is 0 Å². The van der Waals surface area contributed by atoms with Crippen LogP contribution in [0.25, 0.3) is 11.1 Å². The first-order valence-corrected chi connectivity index (χ1v) is 10.8. The number of likely N-dealkylation sites (tertiary alicyclic amines) is 1. The number of aromatic nitrogens is 2. The van der Waals surface area contributed by atoms with Gasteiger partial charge in [-0.05, 0) is 37.3 Å². The van der Waals surface area contributed by atoms with E-state index in [1.807, 2.05) is 62.1 Å². The number of carbonyl (C=O) groups excluding carboxylic acids is 2. The molecule has 1 N–H and O–H groups in total. The van der Waals surface area contributed by atoms with Gasteiger partial charge in [-0.1, -0.05) is 49.3 Å². The van der Waals surface area contributed by atoms with E-state index in [4.69, 9.17) is 4.52 Å². The zero-order chi connectivity index (χ0) is 22.0. The normalized spacial score (nSPS) is 14.9.